The van der Waals surface area contributed by atoms with Crippen molar-refractivity contribution in [3.8, 4) is 0 Å². The first kappa shape index (κ1) is 11.8. The monoisotopic (exact) mass is 261 g/mol. The molecule has 0 atom stereocenters. The van der Waals surface area contributed by atoms with Gasteiger partial charge in [0.2, 0.25) is 0 Å². The summed E-state index contributed by atoms with van der Waals surface area (Å²) in [4.78, 5) is 4.40. The lowest BCUT2D eigenvalue weighted by Crippen LogP contribution is -2.15. The van der Waals surface area contributed by atoms with E-state index in [4.69, 9.17) is 11.6 Å². The van der Waals surface area contributed by atoms with E-state index in [-0.39, 0.29) is 0 Å². The summed E-state index contributed by atoms with van der Waals surface area (Å²) < 4.78 is 2.09. The van der Waals surface area contributed by atoms with E-state index in [9.17, 15) is 0 Å². The molecule has 1 aliphatic carbocycles. The van der Waals surface area contributed by atoms with Gasteiger partial charge in [0, 0.05) is 30.4 Å². The van der Waals surface area contributed by atoms with E-state index >= 15 is 0 Å². The van der Waals surface area contributed by atoms with Crippen LogP contribution in [-0.2, 0) is 13.1 Å². The molecule has 3 nitrogen and oxygen atoms in total. The molecule has 18 heavy (non-hydrogen) atoms. The number of hydrogen-bond acceptors (Lipinski definition) is 2. The molecule has 1 aliphatic rings. The lowest BCUT2D eigenvalue weighted by Gasteiger charge is -2.02. The molecule has 1 N–H and O–H groups in total. The molecule has 1 aromatic heterocycles. The van der Waals surface area contributed by atoms with Crippen LogP contribution in [0.25, 0.3) is 0 Å². The van der Waals surface area contributed by atoms with Crippen molar-refractivity contribution in [1.82, 2.24) is 14.9 Å². The predicted molar refractivity (Wildman–Crippen MR) is 72.6 cm³/mol. The highest BCUT2D eigenvalue weighted by Crippen LogP contribution is 2.19. The summed E-state index contributed by atoms with van der Waals surface area (Å²) in [6.45, 7) is 1.68. The Morgan fingerprint density at radius 3 is 3.06 bits per heavy atom. The van der Waals surface area contributed by atoms with Gasteiger partial charge in [-0.1, -0.05) is 23.7 Å². The van der Waals surface area contributed by atoms with Gasteiger partial charge in [-0.3, -0.25) is 0 Å². The molecule has 0 amide bonds. The van der Waals surface area contributed by atoms with E-state index < -0.39 is 0 Å². The third kappa shape index (κ3) is 3.12. The predicted octanol–water partition coefficient (Wildman–Crippen LogP) is 2.84. The van der Waals surface area contributed by atoms with Crippen LogP contribution in [0, 0.1) is 0 Å². The molecular weight excluding hydrogens is 246 g/mol. The van der Waals surface area contributed by atoms with Crippen LogP contribution in [0.15, 0.2) is 36.8 Å². The largest absolute Gasteiger partial charge is 0.333 e. The number of halogens is 1. The fraction of sp³-hybridized carbons (Fsp3) is 0.357. The Bertz CT molecular complexity index is 531. The van der Waals surface area contributed by atoms with Gasteiger partial charge in [0.1, 0.15) is 0 Å². The molecule has 0 radical (unpaired) electrons. The van der Waals surface area contributed by atoms with Crippen molar-refractivity contribution in [3.63, 3.8) is 0 Å². The van der Waals surface area contributed by atoms with Gasteiger partial charge in [0.05, 0.1) is 12.0 Å². The fourth-order valence-corrected chi connectivity index (χ4v) is 2.18. The normalized spacial score (nSPS) is 14.9. The van der Waals surface area contributed by atoms with Crippen LogP contribution in [0.4, 0.5) is 0 Å². The SMILES string of the molecule is Clc1cccc(Cn2cnc(CNC3CC3)c2)c1. The van der Waals surface area contributed by atoms with Crippen LogP contribution in [0.2, 0.25) is 5.02 Å². The molecule has 0 saturated heterocycles. The van der Waals surface area contributed by atoms with Gasteiger partial charge < -0.3 is 9.88 Å². The maximum atomic E-state index is 5.97. The van der Waals surface area contributed by atoms with Crippen molar-refractivity contribution < 1.29 is 0 Å². The van der Waals surface area contributed by atoms with Crippen molar-refractivity contribution >= 4 is 11.6 Å². The zero-order chi connectivity index (χ0) is 12.4. The van der Waals surface area contributed by atoms with Crippen LogP contribution in [0.1, 0.15) is 24.1 Å². The first-order valence-electron chi connectivity index (χ1n) is 6.28. The van der Waals surface area contributed by atoms with Crippen LogP contribution >= 0.6 is 11.6 Å². The molecule has 1 fully saturated rings. The first-order valence-corrected chi connectivity index (χ1v) is 6.66. The zero-order valence-electron chi connectivity index (χ0n) is 10.1. The van der Waals surface area contributed by atoms with E-state index in [1.807, 2.05) is 24.5 Å². The highest BCUT2D eigenvalue weighted by molar-refractivity contribution is 6.30. The van der Waals surface area contributed by atoms with E-state index in [2.05, 4.69) is 27.1 Å². The van der Waals surface area contributed by atoms with Crippen molar-refractivity contribution in [2.45, 2.75) is 32.0 Å². The fourth-order valence-electron chi connectivity index (χ4n) is 1.97. The van der Waals surface area contributed by atoms with Gasteiger partial charge in [0.25, 0.3) is 0 Å². The molecule has 1 saturated carbocycles. The minimum absolute atomic E-state index is 0.725. The van der Waals surface area contributed by atoms with Gasteiger partial charge in [-0.15, -0.1) is 0 Å². The number of benzene rings is 1. The Balaban J connectivity index is 1.61. The summed E-state index contributed by atoms with van der Waals surface area (Å²) in [6.07, 6.45) is 6.59. The van der Waals surface area contributed by atoms with Crippen molar-refractivity contribution in [2.75, 3.05) is 0 Å². The maximum absolute atomic E-state index is 5.97. The summed E-state index contributed by atoms with van der Waals surface area (Å²) in [5.74, 6) is 0. The average molecular weight is 262 g/mol. The topological polar surface area (TPSA) is 29.9 Å². The minimum atomic E-state index is 0.725. The third-order valence-electron chi connectivity index (χ3n) is 3.09. The molecular formula is C14H16ClN3. The minimum Gasteiger partial charge on any atom is -0.333 e. The number of hydrogen-bond donors (Lipinski definition) is 1. The van der Waals surface area contributed by atoms with E-state index in [1.54, 1.807) is 0 Å². The molecule has 1 aromatic carbocycles. The second-order valence-corrected chi connectivity index (χ2v) is 5.26. The van der Waals surface area contributed by atoms with E-state index in [0.717, 1.165) is 29.8 Å². The standard InChI is InChI=1S/C14H16ClN3/c15-12-3-1-2-11(6-12)8-18-9-14(17-10-18)7-16-13-4-5-13/h1-3,6,9-10,13,16H,4-5,7-8H2. The molecule has 0 unspecified atom stereocenters. The molecule has 0 aliphatic heterocycles. The molecule has 94 valence electrons. The number of nitrogens with zero attached hydrogens (tertiary/aromatic N) is 2. The Hall–Kier alpha value is -1.32. The second kappa shape index (κ2) is 5.12. The van der Waals surface area contributed by atoms with Crippen molar-refractivity contribution in [3.05, 3.63) is 53.1 Å². The highest BCUT2D eigenvalue weighted by atomic mass is 35.5. The molecule has 0 bridgehead atoms. The summed E-state index contributed by atoms with van der Waals surface area (Å²) in [5.41, 5.74) is 2.30. The molecule has 1 heterocycles. The number of imidazole rings is 1. The smallest absolute Gasteiger partial charge is 0.0953 e. The molecule has 2 aromatic rings. The highest BCUT2D eigenvalue weighted by Gasteiger charge is 2.20. The second-order valence-electron chi connectivity index (χ2n) is 4.82. The summed E-state index contributed by atoms with van der Waals surface area (Å²) in [6, 6.07) is 8.66. The first-order chi connectivity index (χ1) is 8.79. The van der Waals surface area contributed by atoms with Gasteiger partial charge in [0.15, 0.2) is 0 Å². The van der Waals surface area contributed by atoms with Gasteiger partial charge in [-0.2, -0.15) is 0 Å². The number of nitrogens with one attached hydrogen (secondary N) is 1. The van der Waals surface area contributed by atoms with Gasteiger partial charge >= 0.3 is 0 Å². The van der Waals surface area contributed by atoms with Crippen molar-refractivity contribution in [2.24, 2.45) is 0 Å². The van der Waals surface area contributed by atoms with E-state index in [1.165, 1.54) is 18.4 Å². The Kier molecular flexibility index (Phi) is 3.35. The molecule has 3 rings (SSSR count). The Labute approximate surface area is 112 Å². The Morgan fingerprint density at radius 1 is 1.39 bits per heavy atom. The Morgan fingerprint density at radius 2 is 2.28 bits per heavy atom. The van der Waals surface area contributed by atoms with Gasteiger partial charge in [-0.25, -0.2) is 4.98 Å². The zero-order valence-corrected chi connectivity index (χ0v) is 10.9. The summed E-state index contributed by atoms with van der Waals surface area (Å²) in [7, 11) is 0. The average Bonchev–Trinajstić information content (AvgIpc) is 3.08. The van der Waals surface area contributed by atoms with Crippen LogP contribution in [0.3, 0.4) is 0 Å². The lowest BCUT2D eigenvalue weighted by molar-refractivity contribution is 0.676. The maximum Gasteiger partial charge on any atom is 0.0953 e. The third-order valence-corrected chi connectivity index (χ3v) is 3.33. The molecule has 4 heteroatoms. The van der Waals surface area contributed by atoms with E-state index in [0.29, 0.717) is 0 Å². The van der Waals surface area contributed by atoms with Crippen LogP contribution in [-0.4, -0.2) is 15.6 Å². The van der Waals surface area contributed by atoms with Crippen LogP contribution in [0.5, 0.6) is 0 Å². The number of aromatic nitrogens is 2. The van der Waals surface area contributed by atoms with Crippen LogP contribution < -0.4 is 5.32 Å². The quantitative estimate of drug-likeness (QED) is 0.897. The van der Waals surface area contributed by atoms with Gasteiger partial charge in [-0.05, 0) is 30.5 Å². The lowest BCUT2D eigenvalue weighted by atomic mass is 10.2. The number of rotatable bonds is 5. The summed E-state index contributed by atoms with van der Waals surface area (Å²) in [5, 5.41) is 4.24. The van der Waals surface area contributed by atoms with Crippen molar-refractivity contribution in [1.29, 1.82) is 0 Å². The molecule has 0 spiro atoms. The summed E-state index contributed by atoms with van der Waals surface area (Å²) >= 11 is 5.97.